The zero-order chi connectivity index (χ0) is 16.7. The van der Waals surface area contributed by atoms with E-state index >= 15 is 0 Å². The Hall–Kier alpha value is -1.40. The quantitative estimate of drug-likeness (QED) is 0.497. The van der Waals surface area contributed by atoms with Crippen LogP contribution in [-0.2, 0) is 12.4 Å². The van der Waals surface area contributed by atoms with Gasteiger partial charge >= 0.3 is 12.4 Å². The monoisotopic (exact) mass is 358 g/mol. The smallest absolute Gasteiger partial charge is 0.166 e. The van der Waals surface area contributed by atoms with E-state index in [1.807, 2.05) is 0 Å². The molecule has 0 aliphatic rings. The van der Waals surface area contributed by atoms with Crippen LogP contribution in [0.2, 0.25) is 10.0 Å². The van der Waals surface area contributed by atoms with Crippen LogP contribution >= 0.6 is 23.2 Å². The molecule has 8 heteroatoms. The highest BCUT2D eigenvalue weighted by molar-refractivity contribution is 6.31. The van der Waals surface area contributed by atoms with Gasteiger partial charge in [-0.3, -0.25) is 0 Å². The van der Waals surface area contributed by atoms with Gasteiger partial charge in [0.2, 0.25) is 0 Å². The molecule has 2 rings (SSSR count). The lowest BCUT2D eigenvalue weighted by Gasteiger charge is -2.18. The highest BCUT2D eigenvalue weighted by Crippen LogP contribution is 2.44. The van der Waals surface area contributed by atoms with E-state index in [0.717, 1.165) is 24.3 Å². The molecule has 0 spiro atoms. The van der Waals surface area contributed by atoms with Crippen molar-refractivity contribution in [1.29, 1.82) is 0 Å². The molecule has 0 radical (unpaired) electrons. The van der Waals surface area contributed by atoms with Gasteiger partial charge in [0.1, 0.15) is 0 Å². The number of halogens is 8. The van der Waals surface area contributed by atoms with Crippen molar-refractivity contribution in [2.75, 3.05) is 0 Å². The van der Waals surface area contributed by atoms with Crippen LogP contribution in [0.15, 0.2) is 36.4 Å². The third kappa shape index (κ3) is 3.50. The highest BCUT2D eigenvalue weighted by Gasteiger charge is 2.38. The molecule has 0 N–H and O–H groups in total. The summed E-state index contributed by atoms with van der Waals surface area (Å²) in [5.41, 5.74) is -3.71. The van der Waals surface area contributed by atoms with E-state index in [4.69, 9.17) is 23.2 Å². The second-order valence-corrected chi connectivity index (χ2v) is 5.25. The van der Waals surface area contributed by atoms with Crippen molar-refractivity contribution >= 4 is 23.2 Å². The fourth-order valence-electron chi connectivity index (χ4n) is 1.97. The van der Waals surface area contributed by atoms with Gasteiger partial charge in [-0.15, -0.1) is 0 Å². The molecule has 2 aromatic rings. The molecule has 0 unspecified atom stereocenters. The van der Waals surface area contributed by atoms with Crippen LogP contribution in [0.5, 0.6) is 0 Å². The van der Waals surface area contributed by atoms with Crippen molar-refractivity contribution in [1.82, 2.24) is 0 Å². The van der Waals surface area contributed by atoms with Crippen molar-refractivity contribution in [3.05, 3.63) is 57.6 Å². The summed E-state index contributed by atoms with van der Waals surface area (Å²) < 4.78 is 78.3. The minimum absolute atomic E-state index is 0.224. The van der Waals surface area contributed by atoms with E-state index < -0.39 is 34.6 Å². The third-order valence-electron chi connectivity index (χ3n) is 2.86. The van der Waals surface area contributed by atoms with Gasteiger partial charge in [0.15, 0.2) is 0 Å². The molecule has 0 aliphatic heterocycles. The summed E-state index contributed by atoms with van der Waals surface area (Å²) in [4.78, 5) is 0. The number of alkyl halides is 6. The standard InChI is InChI=1S/C14H6Cl2F6/c15-7-1-3-9(11(5-7)13(17,18)19)10-4-2-8(16)6-12(10)14(20,21)22/h1-6H. The van der Waals surface area contributed by atoms with E-state index in [1.165, 1.54) is 0 Å². The van der Waals surface area contributed by atoms with E-state index in [-0.39, 0.29) is 10.0 Å². The molecule has 0 aromatic heterocycles. The van der Waals surface area contributed by atoms with Gasteiger partial charge in [0.05, 0.1) is 11.1 Å². The van der Waals surface area contributed by atoms with Gasteiger partial charge < -0.3 is 0 Å². The fourth-order valence-corrected chi connectivity index (χ4v) is 2.32. The molecule has 22 heavy (non-hydrogen) atoms. The maximum Gasteiger partial charge on any atom is 0.417 e. The molecule has 0 bridgehead atoms. The first-order valence-electron chi connectivity index (χ1n) is 5.74. The Balaban J connectivity index is 2.78. The van der Waals surface area contributed by atoms with Crippen LogP contribution in [-0.4, -0.2) is 0 Å². The van der Waals surface area contributed by atoms with Crippen molar-refractivity contribution in [3.8, 4) is 11.1 Å². The minimum atomic E-state index is -4.84. The van der Waals surface area contributed by atoms with Gasteiger partial charge in [-0.1, -0.05) is 35.3 Å². The van der Waals surface area contributed by atoms with E-state index in [1.54, 1.807) is 0 Å². The SMILES string of the molecule is FC(F)(F)c1cc(Cl)ccc1-c1ccc(Cl)cc1C(F)(F)F. The molecule has 0 saturated carbocycles. The predicted octanol–water partition coefficient (Wildman–Crippen LogP) is 6.70. The van der Waals surface area contributed by atoms with Crippen LogP contribution in [0.4, 0.5) is 26.3 Å². The lowest BCUT2D eigenvalue weighted by molar-refractivity contribution is -0.139. The lowest BCUT2D eigenvalue weighted by atomic mass is 9.95. The van der Waals surface area contributed by atoms with Crippen molar-refractivity contribution in [2.45, 2.75) is 12.4 Å². The summed E-state index contributed by atoms with van der Waals surface area (Å²) in [6, 6.07) is 5.19. The average molecular weight is 359 g/mol. The number of hydrogen-bond donors (Lipinski definition) is 0. The van der Waals surface area contributed by atoms with Crippen molar-refractivity contribution in [3.63, 3.8) is 0 Å². The third-order valence-corrected chi connectivity index (χ3v) is 3.33. The number of hydrogen-bond acceptors (Lipinski definition) is 0. The second-order valence-electron chi connectivity index (χ2n) is 4.38. The highest BCUT2D eigenvalue weighted by atomic mass is 35.5. The molecular formula is C14H6Cl2F6. The van der Waals surface area contributed by atoms with Crippen LogP contribution < -0.4 is 0 Å². The molecule has 118 valence electrons. The van der Waals surface area contributed by atoms with Crippen LogP contribution in [0, 0.1) is 0 Å². The molecule has 0 saturated heterocycles. The fraction of sp³-hybridized carbons (Fsp3) is 0.143. The largest absolute Gasteiger partial charge is 0.417 e. The summed E-state index contributed by atoms with van der Waals surface area (Å²) in [6.07, 6.45) is -9.69. The number of benzene rings is 2. The minimum Gasteiger partial charge on any atom is -0.166 e. The molecule has 0 atom stereocenters. The Morgan fingerprint density at radius 1 is 0.591 bits per heavy atom. The van der Waals surface area contributed by atoms with Gasteiger partial charge in [-0.2, -0.15) is 26.3 Å². The molecular weight excluding hydrogens is 353 g/mol. The normalized spacial score (nSPS) is 12.5. The maximum atomic E-state index is 13.1. The molecule has 0 heterocycles. The Labute approximate surface area is 131 Å². The van der Waals surface area contributed by atoms with Crippen LogP contribution in [0.25, 0.3) is 11.1 Å². The van der Waals surface area contributed by atoms with Crippen molar-refractivity contribution in [2.24, 2.45) is 0 Å². The summed E-state index contributed by atoms with van der Waals surface area (Å²) >= 11 is 11.0. The summed E-state index contributed by atoms with van der Waals surface area (Å²) in [6.45, 7) is 0. The van der Waals surface area contributed by atoms with Gasteiger partial charge in [-0.25, -0.2) is 0 Å². The van der Waals surface area contributed by atoms with Crippen LogP contribution in [0.3, 0.4) is 0 Å². The topological polar surface area (TPSA) is 0 Å². The molecule has 0 aliphatic carbocycles. The predicted molar refractivity (Wildman–Crippen MR) is 71.9 cm³/mol. The summed E-state index contributed by atoms with van der Waals surface area (Å²) in [5.74, 6) is 0. The first kappa shape index (κ1) is 17.0. The maximum absolute atomic E-state index is 13.1. The zero-order valence-electron chi connectivity index (χ0n) is 10.5. The van der Waals surface area contributed by atoms with E-state index in [2.05, 4.69) is 0 Å². The van der Waals surface area contributed by atoms with Gasteiger partial charge in [-0.05, 0) is 35.4 Å². The Bertz CT molecular complexity index is 642. The van der Waals surface area contributed by atoms with Crippen molar-refractivity contribution < 1.29 is 26.3 Å². The molecule has 0 nitrogen and oxygen atoms in total. The van der Waals surface area contributed by atoms with Gasteiger partial charge in [0.25, 0.3) is 0 Å². The summed E-state index contributed by atoms with van der Waals surface area (Å²) in [7, 11) is 0. The Morgan fingerprint density at radius 3 is 1.18 bits per heavy atom. The van der Waals surface area contributed by atoms with Crippen LogP contribution in [0.1, 0.15) is 11.1 Å². The zero-order valence-corrected chi connectivity index (χ0v) is 12.0. The van der Waals surface area contributed by atoms with E-state index in [9.17, 15) is 26.3 Å². The molecule has 0 amide bonds. The molecule has 0 fully saturated rings. The number of rotatable bonds is 1. The lowest BCUT2D eigenvalue weighted by Crippen LogP contribution is -2.11. The van der Waals surface area contributed by atoms with E-state index in [0.29, 0.717) is 12.1 Å². The average Bonchev–Trinajstić information content (AvgIpc) is 2.37. The van der Waals surface area contributed by atoms with Gasteiger partial charge in [0, 0.05) is 10.0 Å². The Kier molecular flexibility index (Phi) is 4.37. The first-order valence-corrected chi connectivity index (χ1v) is 6.49. The molecule has 2 aromatic carbocycles. The second kappa shape index (κ2) is 5.66. The first-order chi connectivity index (χ1) is 10.00. The summed E-state index contributed by atoms with van der Waals surface area (Å²) in [5, 5.41) is -0.447. The Morgan fingerprint density at radius 2 is 0.909 bits per heavy atom.